The smallest absolute Gasteiger partial charge is 0.190 e. The number of anilines is 1. The molecular weight excluding hydrogens is 322 g/mol. The molecule has 0 aliphatic carbocycles. The highest BCUT2D eigenvalue weighted by Crippen LogP contribution is 2.23. The van der Waals surface area contributed by atoms with Crippen LogP contribution in [0.25, 0.3) is 0 Å². The van der Waals surface area contributed by atoms with E-state index in [0.717, 1.165) is 29.3 Å². The Morgan fingerprint density at radius 2 is 1.92 bits per heavy atom. The Morgan fingerprint density at radius 1 is 1.25 bits per heavy atom. The topological polar surface area (TPSA) is 57.8 Å². The van der Waals surface area contributed by atoms with Gasteiger partial charge in [0, 0.05) is 37.9 Å². The third-order valence-electron chi connectivity index (χ3n) is 4.35. The summed E-state index contributed by atoms with van der Waals surface area (Å²) in [6.45, 7) is 6.18. The SMILES string of the molecule is CC(=O)c1s/c(=N\c2ccc(N3CCCC3)cc2)n(CCO)c1C. The number of aliphatic hydroxyl groups excluding tert-OH is 1. The van der Waals surface area contributed by atoms with Gasteiger partial charge in [0.05, 0.1) is 17.2 Å². The van der Waals surface area contributed by atoms with Crippen molar-refractivity contribution >= 4 is 28.5 Å². The van der Waals surface area contributed by atoms with E-state index in [4.69, 9.17) is 4.99 Å². The van der Waals surface area contributed by atoms with E-state index in [1.807, 2.05) is 23.6 Å². The molecule has 128 valence electrons. The Morgan fingerprint density at radius 3 is 2.50 bits per heavy atom. The molecule has 0 unspecified atom stereocenters. The number of aromatic nitrogens is 1. The maximum atomic E-state index is 11.8. The van der Waals surface area contributed by atoms with Crippen molar-refractivity contribution in [2.45, 2.75) is 33.2 Å². The maximum Gasteiger partial charge on any atom is 0.190 e. The van der Waals surface area contributed by atoms with E-state index in [0.29, 0.717) is 11.4 Å². The van der Waals surface area contributed by atoms with Crippen LogP contribution < -0.4 is 9.70 Å². The van der Waals surface area contributed by atoms with Gasteiger partial charge in [-0.1, -0.05) is 11.3 Å². The summed E-state index contributed by atoms with van der Waals surface area (Å²) in [4.78, 5) is 20.3. The number of carbonyl (C=O) groups is 1. The first kappa shape index (κ1) is 16.9. The molecule has 1 N–H and O–H groups in total. The molecule has 0 amide bonds. The highest BCUT2D eigenvalue weighted by Gasteiger charge is 2.14. The highest BCUT2D eigenvalue weighted by molar-refractivity contribution is 7.11. The highest BCUT2D eigenvalue weighted by atomic mass is 32.1. The molecule has 0 radical (unpaired) electrons. The predicted octanol–water partition coefficient (Wildman–Crippen LogP) is 2.89. The maximum absolute atomic E-state index is 11.8. The van der Waals surface area contributed by atoms with Gasteiger partial charge in [0.1, 0.15) is 0 Å². The van der Waals surface area contributed by atoms with E-state index in [-0.39, 0.29) is 12.4 Å². The number of thiazole rings is 1. The Kier molecular flexibility index (Phi) is 5.16. The van der Waals surface area contributed by atoms with Gasteiger partial charge in [-0.2, -0.15) is 0 Å². The fourth-order valence-electron chi connectivity index (χ4n) is 3.08. The number of aliphatic hydroxyl groups is 1. The summed E-state index contributed by atoms with van der Waals surface area (Å²) in [6.07, 6.45) is 2.52. The lowest BCUT2D eigenvalue weighted by Crippen LogP contribution is -2.18. The lowest BCUT2D eigenvalue weighted by Gasteiger charge is -2.17. The summed E-state index contributed by atoms with van der Waals surface area (Å²) < 4.78 is 1.91. The average molecular weight is 345 g/mol. The summed E-state index contributed by atoms with van der Waals surface area (Å²) in [5.74, 6) is 0.0371. The van der Waals surface area contributed by atoms with Gasteiger partial charge in [-0.15, -0.1) is 0 Å². The monoisotopic (exact) mass is 345 g/mol. The quantitative estimate of drug-likeness (QED) is 0.848. The normalized spacial score (nSPS) is 15.3. The minimum Gasteiger partial charge on any atom is -0.395 e. The minimum absolute atomic E-state index is 0.0238. The first-order valence-corrected chi connectivity index (χ1v) is 9.13. The number of hydrogen-bond acceptors (Lipinski definition) is 5. The second-order valence-corrected chi connectivity index (χ2v) is 7.03. The van der Waals surface area contributed by atoms with Gasteiger partial charge < -0.3 is 14.6 Å². The van der Waals surface area contributed by atoms with Crippen molar-refractivity contribution in [3.8, 4) is 0 Å². The standard InChI is InChI=1S/C18H23N3O2S/c1-13-17(14(2)23)24-18(21(13)11-12-22)19-15-5-7-16(8-6-15)20-9-3-4-10-20/h5-8,22H,3-4,9-12H2,1-2H3/b19-18-. The fourth-order valence-corrected chi connectivity index (χ4v) is 4.16. The van der Waals surface area contributed by atoms with Crippen LogP contribution in [-0.4, -0.2) is 35.2 Å². The van der Waals surface area contributed by atoms with E-state index in [9.17, 15) is 9.90 Å². The number of hydrogen-bond donors (Lipinski definition) is 1. The lowest BCUT2D eigenvalue weighted by molar-refractivity contribution is 0.102. The van der Waals surface area contributed by atoms with Crippen molar-refractivity contribution in [2.75, 3.05) is 24.6 Å². The van der Waals surface area contributed by atoms with E-state index < -0.39 is 0 Å². The summed E-state index contributed by atoms with van der Waals surface area (Å²) in [6, 6.07) is 8.23. The molecule has 0 atom stereocenters. The van der Waals surface area contributed by atoms with E-state index >= 15 is 0 Å². The predicted molar refractivity (Wildman–Crippen MR) is 97.2 cm³/mol. The molecule has 1 aliphatic rings. The summed E-state index contributed by atoms with van der Waals surface area (Å²) in [5, 5.41) is 9.29. The van der Waals surface area contributed by atoms with Crippen molar-refractivity contribution in [3.63, 3.8) is 0 Å². The van der Waals surface area contributed by atoms with E-state index in [1.54, 1.807) is 6.92 Å². The summed E-state index contributed by atoms with van der Waals surface area (Å²) in [7, 11) is 0. The van der Waals surface area contributed by atoms with Crippen LogP contribution in [0.1, 0.15) is 35.1 Å². The Balaban J connectivity index is 1.95. The molecule has 2 aromatic rings. The number of benzene rings is 1. The van der Waals surface area contributed by atoms with Crippen molar-refractivity contribution in [1.29, 1.82) is 0 Å². The zero-order valence-electron chi connectivity index (χ0n) is 14.2. The Bertz CT molecular complexity index is 784. The molecule has 1 saturated heterocycles. The van der Waals surface area contributed by atoms with Crippen LogP contribution in [0.15, 0.2) is 29.3 Å². The largest absolute Gasteiger partial charge is 0.395 e. The number of nitrogens with zero attached hydrogens (tertiary/aromatic N) is 3. The number of Topliss-reactive ketones (excluding diaryl/α,β-unsaturated/α-hetero) is 1. The second-order valence-electron chi connectivity index (χ2n) is 6.05. The van der Waals surface area contributed by atoms with E-state index in [2.05, 4.69) is 17.0 Å². The van der Waals surface area contributed by atoms with Gasteiger partial charge in [0.2, 0.25) is 0 Å². The van der Waals surface area contributed by atoms with Crippen LogP contribution in [0.2, 0.25) is 0 Å². The van der Waals surface area contributed by atoms with Crippen molar-refractivity contribution in [1.82, 2.24) is 4.57 Å². The molecule has 1 aromatic carbocycles. The van der Waals surface area contributed by atoms with Crippen LogP contribution in [0.5, 0.6) is 0 Å². The van der Waals surface area contributed by atoms with Gasteiger partial charge in [0.15, 0.2) is 10.6 Å². The Labute approximate surface area is 145 Å². The van der Waals surface area contributed by atoms with Crippen LogP contribution >= 0.6 is 11.3 Å². The van der Waals surface area contributed by atoms with Crippen LogP contribution in [-0.2, 0) is 6.54 Å². The average Bonchev–Trinajstić information content (AvgIpc) is 3.19. The molecule has 0 bridgehead atoms. The number of rotatable bonds is 5. The molecule has 1 aliphatic heterocycles. The molecule has 5 nitrogen and oxygen atoms in total. The molecule has 6 heteroatoms. The number of carbonyl (C=O) groups excluding carboxylic acids is 1. The first-order chi connectivity index (χ1) is 11.6. The van der Waals surface area contributed by atoms with Gasteiger partial charge in [-0.25, -0.2) is 4.99 Å². The third kappa shape index (κ3) is 3.44. The fraction of sp³-hybridized carbons (Fsp3) is 0.444. The second kappa shape index (κ2) is 7.32. The molecule has 0 spiro atoms. The van der Waals surface area contributed by atoms with Crippen LogP contribution in [0.3, 0.4) is 0 Å². The molecule has 0 saturated carbocycles. The molecule has 2 heterocycles. The Hall–Kier alpha value is -1.92. The van der Waals surface area contributed by atoms with Crippen LogP contribution in [0, 0.1) is 6.92 Å². The van der Waals surface area contributed by atoms with Gasteiger partial charge in [0.25, 0.3) is 0 Å². The van der Waals surface area contributed by atoms with Gasteiger partial charge in [-0.05, 0) is 44.0 Å². The van der Waals surface area contributed by atoms with Gasteiger partial charge in [-0.3, -0.25) is 4.79 Å². The van der Waals surface area contributed by atoms with Gasteiger partial charge >= 0.3 is 0 Å². The molecular formula is C18H23N3O2S. The third-order valence-corrected chi connectivity index (χ3v) is 5.63. The molecule has 3 rings (SSSR count). The zero-order valence-corrected chi connectivity index (χ0v) is 15.0. The molecule has 24 heavy (non-hydrogen) atoms. The van der Waals surface area contributed by atoms with E-state index in [1.165, 1.54) is 29.9 Å². The summed E-state index contributed by atoms with van der Waals surface area (Å²) >= 11 is 1.38. The summed E-state index contributed by atoms with van der Waals surface area (Å²) in [5.41, 5.74) is 2.97. The van der Waals surface area contributed by atoms with Crippen molar-refractivity contribution in [2.24, 2.45) is 4.99 Å². The molecule has 1 fully saturated rings. The minimum atomic E-state index is 0.0238. The molecule has 1 aromatic heterocycles. The van der Waals surface area contributed by atoms with Crippen molar-refractivity contribution in [3.05, 3.63) is 39.6 Å². The zero-order chi connectivity index (χ0) is 17.1. The van der Waals surface area contributed by atoms with Crippen LogP contribution in [0.4, 0.5) is 11.4 Å². The first-order valence-electron chi connectivity index (χ1n) is 8.32. The van der Waals surface area contributed by atoms with Crippen molar-refractivity contribution < 1.29 is 9.90 Å². The number of ketones is 1. The lowest BCUT2D eigenvalue weighted by atomic mass is 10.2.